The summed E-state index contributed by atoms with van der Waals surface area (Å²) < 4.78 is 0. The molecule has 4 N–H and O–H groups in total. The maximum atomic E-state index is 11.2. The minimum absolute atomic E-state index is 0.00340. The van der Waals surface area contributed by atoms with Crippen LogP contribution in [0.25, 0.3) is 0 Å². The molecule has 4 nitrogen and oxygen atoms in total. The van der Waals surface area contributed by atoms with Crippen LogP contribution in [0.4, 0.5) is 5.69 Å². The number of rotatable bonds is 2. The fourth-order valence-electron chi connectivity index (χ4n) is 2.16. The lowest BCUT2D eigenvalue weighted by Gasteiger charge is -2.40. The fraction of sp³-hybridized carbons (Fsp3) is 0.417. The number of hydrogen-bond donors (Lipinski definition) is 3. The molecule has 1 aromatic rings. The number of halogens is 1. The normalized spacial score (nSPS) is 17.4. The zero-order valence-corrected chi connectivity index (χ0v) is 10.3. The molecule has 92 valence electrons. The van der Waals surface area contributed by atoms with Crippen molar-refractivity contribution >= 4 is 23.2 Å². The lowest BCUT2D eigenvalue weighted by atomic mass is 9.72. The van der Waals surface area contributed by atoms with Gasteiger partial charge in [-0.1, -0.05) is 11.6 Å². The van der Waals surface area contributed by atoms with Gasteiger partial charge in [0.05, 0.1) is 5.69 Å². The van der Waals surface area contributed by atoms with Gasteiger partial charge in [0, 0.05) is 23.0 Å². The van der Waals surface area contributed by atoms with Crippen molar-refractivity contribution in [3.8, 4) is 5.75 Å². The molecule has 0 heterocycles. The molecule has 0 unspecified atom stereocenters. The molecule has 1 fully saturated rings. The summed E-state index contributed by atoms with van der Waals surface area (Å²) in [5, 5.41) is 12.9. The molecule has 1 saturated carbocycles. The number of hydrogen-bond acceptors (Lipinski definition) is 3. The van der Waals surface area contributed by atoms with Crippen molar-refractivity contribution in [2.24, 2.45) is 5.73 Å². The van der Waals surface area contributed by atoms with Crippen molar-refractivity contribution in [1.82, 2.24) is 0 Å². The third kappa shape index (κ3) is 2.10. The summed E-state index contributed by atoms with van der Waals surface area (Å²) in [7, 11) is 0. The van der Waals surface area contributed by atoms with Gasteiger partial charge in [0.25, 0.3) is 0 Å². The number of aromatic hydroxyl groups is 1. The summed E-state index contributed by atoms with van der Waals surface area (Å²) in [6.07, 6.45) is 2.65. The van der Waals surface area contributed by atoms with Crippen molar-refractivity contribution in [3.63, 3.8) is 0 Å². The number of benzene rings is 1. The summed E-state index contributed by atoms with van der Waals surface area (Å²) in [5.74, 6) is -0.261. The Morgan fingerprint density at radius 1 is 1.53 bits per heavy atom. The van der Waals surface area contributed by atoms with E-state index in [9.17, 15) is 9.90 Å². The van der Waals surface area contributed by atoms with Crippen LogP contribution in [0, 0.1) is 0 Å². The predicted molar refractivity (Wildman–Crippen MR) is 67.1 cm³/mol. The van der Waals surface area contributed by atoms with Gasteiger partial charge in [-0.15, -0.1) is 0 Å². The van der Waals surface area contributed by atoms with E-state index >= 15 is 0 Å². The van der Waals surface area contributed by atoms with E-state index in [0.29, 0.717) is 16.3 Å². The standard InChI is InChI=1S/C12H15ClN2O2/c1-7(16)15-11-9(17)4-3-8(13)10(11)12(14)5-2-6-12/h3-4,17H,2,5-6,14H2,1H3,(H,15,16). The number of phenols is 1. The van der Waals surface area contributed by atoms with E-state index in [1.165, 1.54) is 13.0 Å². The maximum Gasteiger partial charge on any atom is 0.221 e. The molecule has 0 aromatic heterocycles. The van der Waals surface area contributed by atoms with Crippen molar-refractivity contribution in [2.75, 3.05) is 5.32 Å². The van der Waals surface area contributed by atoms with Crippen LogP contribution in [-0.4, -0.2) is 11.0 Å². The summed E-state index contributed by atoms with van der Waals surface area (Å²) in [6, 6.07) is 3.06. The summed E-state index contributed by atoms with van der Waals surface area (Å²) >= 11 is 6.14. The maximum absolute atomic E-state index is 11.2. The molecule has 1 amide bonds. The van der Waals surface area contributed by atoms with Crippen LogP contribution in [0.5, 0.6) is 5.75 Å². The number of phenolic OH excluding ortho intramolecular Hbond substituents is 1. The first-order valence-electron chi connectivity index (χ1n) is 5.52. The van der Waals surface area contributed by atoms with Gasteiger partial charge in [-0.05, 0) is 31.4 Å². The van der Waals surface area contributed by atoms with E-state index < -0.39 is 5.54 Å². The monoisotopic (exact) mass is 254 g/mol. The van der Waals surface area contributed by atoms with Gasteiger partial charge in [0.1, 0.15) is 5.75 Å². The molecule has 17 heavy (non-hydrogen) atoms. The highest BCUT2D eigenvalue weighted by atomic mass is 35.5. The number of nitrogens with one attached hydrogen (secondary N) is 1. The minimum atomic E-state index is -0.534. The smallest absolute Gasteiger partial charge is 0.221 e. The van der Waals surface area contributed by atoms with Gasteiger partial charge in [-0.25, -0.2) is 0 Å². The second-order valence-electron chi connectivity index (χ2n) is 4.51. The van der Waals surface area contributed by atoms with Gasteiger partial charge < -0.3 is 16.2 Å². The van der Waals surface area contributed by atoms with Crippen LogP contribution in [0.15, 0.2) is 12.1 Å². The van der Waals surface area contributed by atoms with Crippen molar-refractivity contribution < 1.29 is 9.90 Å². The fourth-order valence-corrected chi connectivity index (χ4v) is 2.51. The third-order valence-corrected chi connectivity index (χ3v) is 3.49. The van der Waals surface area contributed by atoms with E-state index in [4.69, 9.17) is 17.3 Å². The van der Waals surface area contributed by atoms with E-state index in [0.717, 1.165) is 19.3 Å². The molecule has 1 aliphatic rings. The molecule has 0 atom stereocenters. The summed E-state index contributed by atoms with van der Waals surface area (Å²) in [5.41, 5.74) is 6.67. The minimum Gasteiger partial charge on any atom is -0.506 e. The topological polar surface area (TPSA) is 75.3 Å². The number of carbonyl (C=O) groups excluding carboxylic acids is 1. The first-order chi connectivity index (χ1) is 7.94. The predicted octanol–water partition coefficient (Wildman–Crippen LogP) is 2.34. The number of anilines is 1. The largest absolute Gasteiger partial charge is 0.506 e. The molecule has 0 radical (unpaired) electrons. The lowest BCUT2D eigenvalue weighted by Crippen LogP contribution is -2.44. The first kappa shape index (κ1) is 12.2. The zero-order chi connectivity index (χ0) is 12.6. The van der Waals surface area contributed by atoms with Gasteiger partial charge in [0.15, 0.2) is 0 Å². The molecule has 0 saturated heterocycles. The highest BCUT2D eigenvalue weighted by Gasteiger charge is 2.39. The Hall–Kier alpha value is -1.26. The SMILES string of the molecule is CC(=O)Nc1c(O)ccc(Cl)c1C1(N)CCC1. The molecule has 1 aromatic carbocycles. The Morgan fingerprint density at radius 2 is 2.18 bits per heavy atom. The van der Waals surface area contributed by atoms with Gasteiger partial charge >= 0.3 is 0 Å². The molecule has 2 rings (SSSR count). The number of carbonyl (C=O) groups is 1. The Morgan fingerprint density at radius 3 is 2.65 bits per heavy atom. The highest BCUT2D eigenvalue weighted by Crippen LogP contribution is 2.47. The first-order valence-corrected chi connectivity index (χ1v) is 5.90. The average molecular weight is 255 g/mol. The van der Waals surface area contributed by atoms with E-state index in [1.807, 2.05) is 0 Å². The molecular formula is C12H15ClN2O2. The molecule has 1 aliphatic carbocycles. The summed E-state index contributed by atoms with van der Waals surface area (Å²) in [6.45, 7) is 1.38. The Balaban J connectivity index is 2.54. The quantitative estimate of drug-likeness (QED) is 0.709. The average Bonchev–Trinajstić information content (AvgIpc) is 2.20. The zero-order valence-electron chi connectivity index (χ0n) is 9.59. The number of amides is 1. The molecule has 0 spiro atoms. The van der Waals surface area contributed by atoms with Gasteiger partial charge in [-0.2, -0.15) is 0 Å². The highest BCUT2D eigenvalue weighted by molar-refractivity contribution is 6.32. The number of nitrogens with two attached hydrogens (primary N) is 1. The third-order valence-electron chi connectivity index (χ3n) is 3.18. The Kier molecular flexibility index (Phi) is 3.02. The van der Waals surface area contributed by atoms with Gasteiger partial charge in [-0.3, -0.25) is 4.79 Å². The van der Waals surface area contributed by atoms with Crippen molar-refractivity contribution in [2.45, 2.75) is 31.7 Å². The van der Waals surface area contributed by atoms with E-state index in [1.54, 1.807) is 6.07 Å². The van der Waals surface area contributed by atoms with E-state index in [-0.39, 0.29) is 11.7 Å². The lowest BCUT2D eigenvalue weighted by molar-refractivity contribution is -0.114. The second kappa shape index (κ2) is 4.20. The van der Waals surface area contributed by atoms with Crippen LogP contribution in [0.2, 0.25) is 5.02 Å². The van der Waals surface area contributed by atoms with Crippen molar-refractivity contribution in [3.05, 3.63) is 22.7 Å². The molecule has 0 bridgehead atoms. The van der Waals surface area contributed by atoms with Crippen LogP contribution in [0.1, 0.15) is 31.7 Å². The van der Waals surface area contributed by atoms with Crippen LogP contribution in [-0.2, 0) is 10.3 Å². The Labute approximate surface area is 105 Å². The molecule has 5 heteroatoms. The second-order valence-corrected chi connectivity index (χ2v) is 4.91. The Bertz CT molecular complexity index is 470. The summed E-state index contributed by atoms with van der Waals surface area (Å²) in [4.78, 5) is 11.2. The van der Waals surface area contributed by atoms with E-state index in [2.05, 4.69) is 5.32 Å². The molecular weight excluding hydrogens is 240 g/mol. The van der Waals surface area contributed by atoms with Crippen LogP contribution >= 0.6 is 11.6 Å². The van der Waals surface area contributed by atoms with Gasteiger partial charge in [0.2, 0.25) is 5.91 Å². The van der Waals surface area contributed by atoms with Crippen molar-refractivity contribution in [1.29, 1.82) is 0 Å². The molecule has 0 aliphatic heterocycles. The van der Waals surface area contributed by atoms with Crippen LogP contribution < -0.4 is 11.1 Å². The van der Waals surface area contributed by atoms with Crippen LogP contribution in [0.3, 0.4) is 0 Å².